The molecule has 0 bridgehead atoms. The van der Waals surface area contributed by atoms with E-state index in [-0.39, 0.29) is 11.7 Å². The molecule has 2 atom stereocenters. The number of halogens is 1. The van der Waals surface area contributed by atoms with Crippen LogP contribution >= 0.6 is 23.4 Å². The fourth-order valence-corrected chi connectivity index (χ4v) is 5.44. The van der Waals surface area contributed by atoms with Crippen LogP contribution in [0.15, 0.2) is 77.1 Å². The molecule has 6 heteroatoms. The van der Waals surface area contributed by atoms with Crippen LogP contribution in [-0.2, 0) is 14.3 Å². The average Bonchev–Trinajstić information content (AvgIpc) is 2.81. The zero-order valence-corrected chi connectivity index (χ0v) is 20.5. The minimum atomic E-state index is -0.537. The predicted molar refractivity (Wildman–Crippen MR) is 134 cm³/mol. The van der Waals surface area contributed by atoms with Gasteiger partial charge in [-0.25, -0.2) is 4.79 Å². The minimum Gasteiger partial charge on any atom is -0.461 e. The number of allylic oxidation sites excluding steroid dienone is 3. The van der Waals surface area contributed by atoms with Crippen molar-refractivity contribution < 1.29 is 14.3 Å². The summed E-state index contributed by atoms with van der Waals surface area (Å²) < 4.78 is 5.62. The summed E-state index contributed by atoms with van der Waals surface area (Å²) >= 11 is 8.31. The van der Waals surface area contributed by atoms with Gasteiger partial charge in [-0.1, -0.05) is 67.1 Å². The van der Waals surface area contributed by atoms with Crippen LogP contribution in [0.2, 0.25) is 5.02 Å². The van der Waals surface area contributed by atoms with E-state index in [2.05, 4.69) is 24.4 Å². The molecule has 0 unspecified atom stereocenters. The maximum absolute atomic E-state index is 13.6. The number of Topliss-reactive ketones (excluding diaryl/α,β-unsaturated/α-hetero) is 1. The van der Waals surface area contributed by atoms with E-state index in [1.807, 2.05) is 43.3 Å². The van der Waals surface area contributed by atoms with Gasteiger partial charge < -0.3 is 10.1 Å². The fourth-order valence-electron chi connectivity index (χ4n) is 4.71. The number of ether oxygens (including phenoxy) is 1. The number of thioether (sulfide) groups is 1. The maximum Gasteiger partial charge on any atom is 0.336 e. The summed E-state index contributed by atoms with van der Waals surface area (Å²) in [4.78, 5) is 26.8. The molecular weight excluding hydrogens is 454 g/mol. The summed E-state index contributed by atoms with van der Waals surface area (Å²) in [5.74, 6) is 0.920. The Morgan fingerprint density at radius 1 is 1.12 bits per heavy atom. The lowest BCUT2D eigenvalue weighted by molar-refractivity contribution is -0.138. The van der Waals surface area contributed by atoms with Crippen molar-refractivity contribution >= 4 is 35.1 Å². The number of hydrogen-bond acceptors (Lipinski definition) is 5. The van der Waals surface area contributed by atoms with Crippen molar-refractivity contribution in [3.63, 3.8) is 0 Å². The normalized spacial score (nSPS) is 20.4. The summed E-state index contributed by atoms with van der Waals surface area (Å²) in [5.41, 5.74) is 4.60. The second kappa shape index (κ2) is 10.6. The van der Waals surface area contributed by atoms with E-state index in [0.717, 1.165) is 28.3 Å². The van der Waals surface area contributed by atoms with Crippen molar-refractivity contribution in [2.75, 3.05) is 18.1 Å². The third-order valence-electron chi connectivity index (χ3n) is 6.20. The van der Waals surface area contributed by atoms with E-state index in [1.54, 1.807) is 17.8 Å². The highest BCUT2D eigenvalue weighted by Gasteiger charge is 2.42. The number of benzene rings is 2. The van der Waals surface area contributed by atoms with Gasteiger partial charge in [0, 0.05) is 40.1 Å². The van der Waals surface area contributed by atoms with Crippen molar-refractivity contribution in [3.05, 3.63) is 93.3 Å². The maximum atomic E-state index is 13.6. The lowest BCUT2D eigenvalue weighted by Crippen LogP contribution is -2.36. The molecule has 0 amide bonds. The van der Waals surface area contributed by atoms with Gasteiger partial charge in [0.25, 0.3) is 0 Å². The first-order valence-corrected chi connectivity index (χ1v) is 12.8. The van der Waals surface area contributed by atoms with Crippen LogP contribution in [0, 0.1) is 0 Å². The fraction of sp³-hybridized carbons (Fsp3) is 0.333. The molecule has 0 fully saturated rings. The Balaban J connectivity index is 1.73. The Kier molecular flexibility index (Phi) is 7.61. The van der Waals surface area contributed by atoms with Gasteiger partial charge in [0.1, 0.15) is 6.61 Å². The number of rotatable bonds is 7. The van der Waals surface area contributed by atoms with Gasteiger partial charge in [-0.2, -0.15) is 11.8 Å². The van der Waals surface area contributed by atoms with E-state index in [4.69, 9.17) is 16.3 Å². The molecule has 1 aliphatic heterocycles. The zero-order chi connectivity index (χ0) is 23.4. The molecule has 172 valence electrons. The van der Waals surface area contributed by atoms with Crippen molar-refractivity contribution in [1.82, 2.24) is 5.32 Å². The molecule has 2 aromatic carbocycles. The molecule has 1 N–H and O–H groups in total. The number of nitrogens with one attached hydrogen (secondary N) is 1. The van der Waals surface area contributed by atoms with Crippen LogP contribution in [0.1, 0.15) is 49.7 Å². The van der Waals surface area contributed by atoms with Gasteiger partial charge in [-0.15, -0.1) is 0 Å². The Labute approximate surface area is 204 Å². The largest absolute Gasteiger partial charge is 0.461 e. The van der Waals surface area contributed by atoms with Crippen LogP contribution < -0.4 is 5.32 Å². The predicted octanol–water partition coefficient (Wildman–Crippen LogP) is 6.00. The number of carbonyl (C=O) groups excluding carboxylic acids is 2. The van der Waals surface area contributed by atoms with Crippen LogP contribution in [-0.4, -0.2) is 29.9 Å². The van der Waals surface area contributed by atoms with E-state index >= 15 is 0 Å². The Bertz CT molecular complexity index is 1110. The van der Waals surface area contributed by atoms with Crippen molar-refractivity contribution in [3.8, 4) is 0 Å². The van der Waals surface area contributed by atoms with Gasteiger partial charge in [-0.3, -0.25) is 4.79 Å². The number of hydrogen-bond donors (Lipinski definition) is 1. The van der Waals surface area contributed by atoms with Crippen molar-refractivity contribution in [1.29, 1.82) is 0 Å². The average molecular weight is 482 g/mol. The first-order valence-electron chi connectivity index (χ1n) is 11.3. The second-order valence-corrected chi connectivity index (χ2v) is 10.1. The number of ketones is 1. The molecule has 0 saturated carbocycles. The monoisotopic (exact) mass is 481 g/mol. The van der Waals surface area contributed by atoms with Gasteiger partial charge in [-0.05, 0) is 42.2 Å². The van der Waals surface area contributed by atoms with Crippen molar-refractivity contribution in [2.45, 2.75) is 38.5 Å². The molecule has 0 saturated heterocycles. The van der Waals surface area contributed by atoms with E-state index in [9.17, 15) is 9.59 Å². The van der Waals surface area contributed by atoms with Crippen molar-refractivity contribution in [2.24, 2.45) is 0 Å². The van der Waals surface area contributed by atoms with E-state index in [0.29, 0.717) is 41.3 Å². The second-order valence-electron chi connectivity index (χ2n) is 8.28. The third kappa shape index (κ3) is 5.04. The zero-order valence-electron chi connectivity index (χ0n) is 18.9. The SMILES string of the molecule is CCSCCOC(=O)C1=C(C)NC2=C(C(=O)C[C@H](c3ccccc3)C2)[C@@H]1c1ccccc1Cl. The lowest BCUT2D eigenvalue weighted by atomic mass is 9.71. The van der Waals surface area contributed by atoms with Crippen LogP contribution in [0.4, 0.5) is 0 Å². The van der Waals surface area contributed by atoms with Crippen LogP contribution in [0.5, 0.6) is 0 Å². The Morgan fingerprint density at radius 2 is 1.85 bits per heavy atom. The van der Waals surface area contributed by atoms with Gasteiger partial charge in [0.15, 0.2) is 5.78 Å². The van der Waals surface area contributed by atoms with E-state index < -0.39 is 11.9 Å². The third-order valence-corrected chi connectivity index (χ3v) is 7.41. The van der Waals surface area contributed by atoms with Gasteiger partial charge >= 0.3 is 5.97 Å². The molecule has 4 rings (SSSR count). The van der Waals surface area contributed by atoms with Gasteiger partial charge in [0.2, 0.25) is 0 Å². The molecule has 33 heavy (non-hydrogen) atoms. The number of esters is 1. The quantitative estimate of drug-likeness (QED) is 0.388. The topological polar surface area (TPSA) is 55.4 Å². The molecule has 4 nitrogen and oxygen atoms in total. The highest BCUT2D eigenvalue weighted by Crippen LogP contribution is 2.47. The molecule has 1 aliphatic carbocycles. The van der Waals surface area contributed by atoms with E-state index in [1.165, 1.54) is 0 Å². The first-order chi connectivity index (χ1) is 16.0. The molecule has 1 heterocycles. The van der Waals surface area contributed by atoms with Crippen LogP contribution in [0.25, 0.3) is 0 Å². The molecule has 0 spiro atoms. The molecule has 0 aromatic heterocycles. The molecular formula is C27H28ClNO3S. The first kappa shape index (κ1) is 23.7. The highest BCUT2D eigenvalue weighted by atomic mass is 35.5. The summed E-state index contributed by atoms with van der Waals surface area (Å²) in [7, 11) is 0. The smallest absolute Gasteiger partial charge is 0.336 e. The van der Waals surface area contributed by atoms with Gasteiger partial charge in [0.05, 0.1) is 5.57 Å². The molecule has 0 radical (unpaired) electrons. The lowest BCUT2D eigenvalue weighted by Gasteiger charge is -2.37. The Morgan fingerprint density at radius 3 is 2.58 bits per heavy atom. The van der Waals surface area contributed by atoms with Crippen LogP contribution in [0.3, 0.4) is 0 Å². The summed E-state index contributed by atoms with van der Waals surface area (Å²) in [6.07, 6.45) is 1.11. The summed E-state index contributed by atoms with van der Waals surface area (Å²) in [6, 6.07) is 17.6. The molecule has 2 aliphatic rings. The standard InChI is InChI=1S/C27H28ClNO3S/c1-3-33-14-13-32-27(31)24-17(2)29-22-15-19(18-9-5-4-6-10-18)16-23(30)26(22)25(24)20-11-7-8-12-21(20)28/h4-12,19,25,29H,3,13-16H2,1-2H3/t19-,25-/m1/s1. The minimum absolute atomic E-state index is 0.0434. The Hall–Kier alpha value is -2.50. The summed E-state index contributed by atoms with van der Waals surface area (Å²) in [6.45, 7) is 4.28. The molecule has 2 aromatic rings. The summed E-state index contributed by atoms with van der Waals surface area (Å²) in [5, 5.41) is 3.93. The highest BCUT2D eigenvalue weighted by molar-refractivity contribution is 7.99. The number of dihydropyridines is 1. The number of carbonyl (C=O) groups is 2.